The van der Waals surface area contributed by atoms with Crippen LogP contribution in [0.25, 0.3) is 10.1 Å². The molecule has 1 aliphatic heterocycles. The van der Waals surface area contributed by atoms with Crippen LogP contribution in [0.3, 0.4) is 0 Å². The number of thiophene rings is 1. The maximum atomic E-state index is 12.6. The van der Waals surface area contributed by atoms with Crippen molar-refractivity contribution in [3.05, 3.63) is 43.4 Å². The van der Waals surface area contributed by atoms with E-state index in [9.17, 15) is 4.79 Å². The number of pyridine rings is 1. The Labute approximate surface area is 149 Å². The van der Waals surface area contributed by atoms with Gasteiger partial charge in [0.1, 0.15) is 14.6 Å². The zero-order valence-corrected chi connectivity index (χ0v) is 15.2. The molecule has 0 amide bonds. The Bertz CT molecular complexity index is 1040. The van der Waals surface area contributed by atoms with Crippen molar-refractivity contribution in [3.8, 4) is 11.8 Å². The van der Waals surface area contributed by atoms with Gasteiger partial charge >= 0.3 is 0 Å². The van der Waals surface area contributed by atoms with E-state index in [1.807, 2.05) is 6.92 Å². The second kappa shape index (κ2) is 5.76. The third-order valence-electron chi connectivity index (χ3n) is 4.27. The third kappa shape index (κ3) is 2.27. The third-order valence-corrected chi connectivity index (χ3v) is 6.07. The van der Waals surface area contributed by atoms with E-state index in [1.54, 1.807) is 10.9 Å². The van der Waals surface area contributed by atoms with Gasteiger partial charge in [-0.2, -0.15) is 10.4 Å². The number of hydrogen-bond donors (Lipinski definition) is 1. The summed E-state index contributed by atoms with van der Waals surface area (Å²) in [5, 5.41) is 14.2. The van der Waals surface area contributed by atoms with E-state index in [1.165, 1.54) is 17.5 Å². The number of ether oxygens (including phenoxy) is 1. The Hall–Kier alpha value is -2.11. The van der Waals surface area contributed by atoms with Crippen molar-refractivity contribution in [1.29, 1.82) is 5.26 Å². The second-order valence-corrected chi connectivity index (χ2v) is 8.04. The minimum Gasteiger partial charge on any atom is -0.491 e. The molecule has 8 heteroatoms. The van der Waals surface area contributed by atoms with Gasteiger partial charge in [0.15, 0.2) is 5.75 Å². The van der Waals surface area contributed by atoms with E-state index in [0.717, 1.165) is 39.0 Å². The van der Waals surface area contributed by atoms with Gasteiger partial charge in [-0.15, -0.1) is 11.3 Å². The Kier molecular flexibility index (Phi) is 3.70. The lowest BCUT2D eigenvalue weighted by Crippen LogP contribution is -2.18. The van der Waals surface area contributed by atoms with Crippen LogP contribution in [0.4, 0.5) is 0 Å². The fraction of sp³-hybridized carbons (Fsp3) is 0.312. The smallest absolute Gasteiger partial charge is 0.266 e. The fourth-order valence-electron chi connectivity index (χ4n) is 3.12. The average molecular weight is 405 g/mol. The van der Waals surface area contributed by atoms with Gasteiger partial charge in [-0.1, -0.05) is 0 Å². The van der Waals surface area contributed by atoms with E-state index in [4.69, 9.17) is 10.00 Å². The van der Waals surface area contributed by atoms with Gasteiger partial charge in [-0.3, -0.25) is 9.48 Å². The Morgan fingerprint density at radius 1 is 1.58 bits per heavy atom. The van der Waals surface area contributed by atoms with Crippen LogP contribution in [0.2, 0.25) is 0 Å². The van der Waals surface area contributed by atoms with Crippen molar-refractivity contribution < 1.29 is 4.74 Å². The predicted molar refractivity (Wildman–Crippen MR) is 94.7 cm³/mol. The summed E-state index contributed by atoms with van der Waals surface area (Å²) in [6, 6.07) is 1.90. The van der Waals surface area contributed by atoms with Crippen LogP contribution < -0.4 is 10.3 Å². The normalized spacial score (nSPS) is 14.9. The van der Waals surface area contributed by atoms with E-state index < -0.39 is 0 Å². The first-order valence-corrected chi connectivity index (χ1v) is 9.15. The summed E-state index contributed by atoms with van der Waals surface area (Å²) in [6.07, 6.45) is 4.93. The number of nitriles is 1. The van der Waals surface area contributed by atoms with Crippen LogP contribution in [0.5, 0.6) is 5.75 Å². The summed E-state index contributed by atoms with van der Waals surface area (Å²) < 4.78 is 9.09. The number of nitrogens with one attached hydrogen (secondary N) is 1. The van der Waals surface area contributed by atoms with Crippen molar-refractivity contribution >= 4 is 37.4 Å². The Morgan fingerprint density at radius 3 is 3.17 bits per heavy atom. The lowest BCUT2D eigenvalue weighted by molar-refractivity contribution is 0.318. The standard InChI is InChI=1S/C16H13BrN4O2S/c1-8(21-7-9(5-18)6-19-21)12-10-3-2-4-23-13-11(10)14(16(22)20-12)24-15(13)17/h6-8H,2-4H2,1H3,(H,20,22). The van der Waals surface area contributed by atoms with Crippen molar-refractivity contribution in [1.82, 2.24) is 14.8 Å². The van der Waals surface area contributed by atoms with Gasteiger partial charge in [0.2, 0.25) is 0 Å². The largest absolute Gasteiger partial charge is 0.491 e. The molecule has 0 saturated carbocycles. The molecule has 0 aliphatic carbocycles. The molecule has 0 saturated heterocycles. The molecule has 1 unspecified atom stereocenters. The summed E-state index contributed by atoms with van der Waals surface area (Å²) in [5.41, 5.74) is 2.31. The zero-order chi connectivity index (χ0) is 16.8. The van der Waals surface area contributed by atoms with E-state index >= 15 is 0 Å². The molecule has 0 fully saturated rings. The van der Waals surface area contributed by atoms with E-state index in [0.29, 0.717) is 16.9 Å². The van der Waals surface area contributed by atoms with Crippen LogP contribution in [0.15, 0.2) is 21.0 Å². The zero-order valence-electron chi connectivity index (χ0n) is 12.8. The highest BCUT2D eigenvalue weighted by Gasteiger charge is 2.25. The van der Waals surface area contributed by atoms with Crippen molar-refractivity contribution in [2.24, 2.45) is 0 Å². The SMILES string of the molecule is CC(c1[nH]c(=O)c2sc(Br)c3c2c1CCCO3)n1cc(C#N)cn1. The second-order valence-electron chi connectivity index (χ2n) is 5.70. The average Bonchev–Trinajstić information content (AvgIpc) is 3.11. The monoisotopic (exact) mass is 404 g/mol. The van der Waals surface area contributed by atoms with Gasteiger partial charge in [0.05, 0.1) is 24.4 Å². The molecule has 1 atom stereocenters. The fourth-order valence-corrected chi connectivity index (χ4v) is 4.81. The highest BCUT2D eigenvalue weighted by Crippen LogP contribution is 2.44. The van der Waals surface area contributed by atoms with Gasteiger partial charge in [-0.25, -0.2) is 0 Å². The van der Waals surface area contributed by atoms with E-state index in [2.05, 4.69) is 32.1 Å². The number of nitrogens with zero attached hydrogens (tertiary/aromatic N) is 3. The number of rotatable bonds is 2. The minimum absolute atomic E-state index is 0.120. The number of aromatic nitrogens is 3. The summed E-state index contributed by atoms with van der Waals surface area (Å²) in [5.74, 6) is 0.764. The summed E-state index contributed by atoms with van der Waals surface area (Å²) in [6.45, 7) is 2.59. The number of aryl methyl sites for hydroxylation is 1. The molecule has 1 N–H and O–H groups in total. The molecule has 4 heterocycles. The van der Waals surface area contributed by atoms with Crippen LogP contribution in [0, 0.1) is 11.3 Å². The van der Waals surface area contributed by atoms with E-state index in [-0.39, 0.29) is 11.6 Å². The minimum atomic E-state index is -0.177. The van der Waals surface area contributed by atoms with Gasteiger partial charge in [-0.05, 0) is 41.3 Å². The summed E-state index contributed by atoms with van der Waals surface area (Å²) in [4.78, 5) is 15.6. The Balaban J connectivity index is 1.97. The first-order chi connectivity index (χ1) is 11.6. The predicted octanol–water partition coefficient (Wildman–Crippen LogP) is 3.35. The number of H-pyrrole nitrogens is 1. The van der Waals surface area contributed by atoms with Crippen LogP contribution in [-0.4, -0.2) is 21.4 Å². The maximum Gasteiger partial charge on any atom is 0.266 e. The quantitative estimate of drug-likeness (QED) is 0.709. The summed E-state index contributed by atoms with van der Waals surface area (Å²) in [7, 11) is 0. The molecule has 0 bridgehead atoms. The van der Waals surface area contributed by atoms with Crippen LogP contribution in [-0.2, 0) is 6.42 Å². The van der Waals surface area contributed by atoms with Gasteiger partial charge in [0.25, 0.3) is 5.56 Å². The molecular formula is C16H13BrN4O2S. The molecule has 0 spiro atoms. The molecule has 1 aliphatic rings. The van der Waals surface area contributed by atoms with Gasteiger partial charge < -0.3 is 9.72 Å². The first-order valence-electron chi connectivity index (χ1n) is 7.54. The molecule has 4 rings (SSSR count). The lowest BCUT2D eigenvalue weighted by atomic mass is 10.0. The van der Waals surface area contributed by atoms with Crippen molar-refractivity contribution in [3.63, 3.8) is 0 Å². The van der Waals surface area contributed by atoms with Crippen molar-refractivity contribution in [2.45, 2.75) is 25.8 Å². The highest BCUT2D eigenvalue weighted by molar-refractivity contribution is 9.11. The number of halogens is 1. The Morgan fingerprint density at radius 2 is 2.42 bits per heavy atom. The maximum absolute atomic E-state index is 12.6. The molecule has 122 valence electrons. The molecule has 0 radical (unpaired) electrons. The molecule has 3 aromatic heterocycles. The van der Waals surface area contributed by atoms with Crippen LogP contribution >= 0.6 is 27.3 Å². The number of hydrogen-bond acceptors (Lipinski definition) is 5. The topological polar surface area (TPSA) is 83.7 Å². The van der Waals surface area contributed by atoms with Gasteiger partial charge in [0, 0.05) is 17.3 Å². The van der Waals surface area contributed by atoms with Crippen LogP contribution in [0.1, 0.15) is 36.2 Å². The highest BCUT2D eigenvalue weighted by atomic mass is 79.9. The van der Waals surface area contributed by atoms with Crippen molar-refractivity contribution in [2.75, 3.05) is 6.61 Å². The lowest BCUT2D eigenvalue weighted by Gasteiger charge is -2.17. The molecule has 24 heavy (non-hydrogen) atoms. The first kappa shape index (κ1) is 15.4. The number of aromatic amines is 1. The molecule has 3 aromatic rings. The summed E-state index contributed by atoms with van der Waals surface area (Å²) >= 11 is 4.91. The molecular weight excluding hydrogens is 392 g/mol. The molecule has 6 nitrogen and oxygen atoms in total. The molecule has 0 aromatic carbocycles.